The second-order valence-corrected chi connectivity index (χ2v) is 4.52. The minimum absolute atomic E-state index is 0.142. The van der Waals surface area contributed by atoms with E-state index in [9.17, 15) is 4.39 Å². The first kappa shape index (κ1) is 10.6. The number of benzene rings is 1. The molecule has 0 spiro atoms. The molecule has 1 aromatic carbocycles. The SMILES string of the molecule is CNCC1(c2ccc(F)cc2)CCCC1. The fourth-order valence-electron chi connectivity index (χ4n) is 2.76. The molecule has 0 atom stereocenters. The maximum absolute atomic E-state index is 12.9. The zero-order chi connectivity index (χ0) is 10.7. The average Bonchev–Trinajstić information content (AvgIpc) is 2.69. The zero-order valence-corrected chi connectivity index (χ0v) is 9.22. The van der Waals surface area contributed by atoms with Gasteiger partial charge in [0.2, 0.25) is 0 Å². The lowest BCUT2D eigenvalue weighted by Gasteiger charge is -2.29. The van der Waals surface area contributed by atoms with Crippen LogP contribution in [-0.4, -0.2) is 13.6 Å². The fourth-order valence-corrected chi connectivity index (χ4v) is 2.76. The Morgan fingerprint density at radius 3 is 2.33 bits per heavy atom. The Labute approximate surface area is 90.7 Å². The molecule has 0 amide bonds. The Bertz CT molecular complexity index is 312. The Kier molecular flexibility index (Phi) is 3.06. The molecule has 1 fully saturated rings. The van der Waals surface area contributed by atoms with Crippen molar-refractivity contribution in [3.63, 3.8) is 0 Å². The molecule has 1 aliphatic carbocycles. The minimum Gasteiger partial charge on any atom is -0.319 e. The lowest BCUT2D eigenvalue weighted by Crippen LogP contribution is -2.34. The van der Waals surface area contributed by atoms with Gasteiger partial charge in [-0.25, -0.2) is 4.39 Å². The van der Waals surface area contributed by atoms with Gasteiger partial charge in [0.1, 0.15) is 5.82 Å². The van der Waals surface area contributed by atoms with E-state index >= 15 is 0 Å². The predicted octanol–water partition coefficient (Wildman–Crippen LogP) is 2.86. The monoisotopic (exact) mass is 207 g/mol. The van der Waals surface area contributed by atoms with Crippen LogP contribution < -0.4 is 5.32 Å². The molecule has 1 N–H and O–H groups in total. The van der Waals surface area contributed by atoms with E-state index in [1.807, 2.05) is 19.2 Å². The van der Waals surface area contributed by atoms with Crippen LogP contribution in [0.2, 0.25) is 0 Å². The summed E-state index contributed by atoms with van der Waals surface area (Å²) < 4.78 is 12.9. The van der Waals surface area contributed by atoms with Gasteiger partial charge < -0.3 is 5.32 Å². The first-order chi connectivity index (χ1) is 7.27. The van der Waals surface area contributed by atoms with Crippen LogP contribution in [0.5, 0.6) is 0 Å². The normalized spacial score (nSPS) is 19.3. The van der Waals surface area contributed by atoms with Crippen LogP contribution in [0.15, 0.2) is 24.3 Å². The van der Waals surface area contributed by atoms with Gasteiger partial charge in [-0.3, -0.25) is 0 Å². The van der Waals surface area contributed by atoms with Crippen LogP contribution in [0, 0.1) is 5.82 Å². The maximum atomic E-state index is 12.9. The van der Waals surface area contributed by atoms with Crippen LogP contribution in [0.25, 0.3) is 0 Å². The number of hydrogen-bond acceptors (Lipinski definition) is 1. The van der Waals surface area contributed by atoms with Crippen molar-refractivity contribution in [3.8, 4) is 0 Å². The third-order valence-electron chi connectivity index (χ3n) is 3.53. The molecule has 0 bridgehead atoms. The molecule has 2 heteroatoms. The average molecular weight is 207 g/mol. The molecule has 1 nitrogen and oxygen atoms in total. The Balaban J connectivity index is 2.28. The summed E-state index contributed by atoms with van der Waals surface area (Å²) in [7, 11) is 1.99. The van der Waals surface area contributed by atoms with Gasteiger partial charge in [0.15, 0.2) is 0 Å². The molecule has 0 radical (unpaired) electrons. The van der Waals surface area contributed by atoms with Crippen molar-refractivity contribution < 1.29 is 4.39 Å². The van der Waals surface area contributed by atoms with E-state index in [0.717, 1.165) is 6.54 Å². The number of hydrogen-bond donors (Lipinski definition) is 1. The summed E-state index contributed by atoms with van der Waals surface area (Å²) in [6.45, 7) is 0.999. The summed E-state index contributed by atoms with van der Waals surface area (Å²) in [5, 5.41) is 3.27. The molecule has 1 aliphatic rings. The van der Waals surface area contributed by atoms with Crippen molar-refractivity contribution in [2.24, 2.45) is 0 Å². The second kappa shape index (κ2) is 4.31. The molecule has 2 rings (SSSR count). The third-order valence-corrected chi connectivity index (χ3v) is 3.53. The van der Waals surface area contributed by atoms with Crippen LogP contribution >= 0.6 is 0 Å². The molecular formula is C13H18FN. The largest absolute Gasteiger partial charge is 0.319 e. The number of likely N-dealkylation sites (N-methyl/N-ethyl adjacent to an activating group) is 1. The van der Waals surface area contributed by atoms with Gasteiger partial charge in [-0.05, 0) is 37.6 Å². The van der Waals surface area contributed by atoms with Crippen molar-refractivity contribution in [1.82, 2.24) is 5.32 Å². The first-order valence-corrected chi connectivity index (χ1v) is 5.67. The van der Waals surface area contributed by atoms with E-state index in [-0.39, 0.29) is 11.2 Å². The summed E-state index contributed by atoms with van der Waals surface area (Å²) >= 11 is 0. The molecular weight excluding hydrogens is 189 g/mol. The molecule has 0 unspecified atom stereocenters. The predicted molar refractivity (Wildman–Crippen MR) is 60.5 cm³/mol. The minimum atomic E-state index is -0.142. The molecule has 1 aromatic rings. The van der Waals surface area contributed by atoms with Crippen molar-refractivity contribution in [2.75, 3.05) is 13.6 Å². The Morgan fingerprint density at radius 2 is 1.80 bits per heavy atom. The quantitative estimate of drug-likeness (QED) is 0.803. The highest BCUT2D eigenvalue weighted by Crippen LogP contribution is 2.40. The summed E-state index contributed by atoms with van der Waals surface area (Å²) in [5.74, 6) is -0.142. The lowest BCUT2D eigenvalue weighted by atomic mass is 9.79. The number of halogens is 1. The standard InChI is InChI=1S/C13H18FN/c1-15-10-13(8-2-3-9-13)11-4-6-12(14)7-5-11/h4-7,15H,2-3,8-10H2,1H3. The van der Waals surface area contributed by atoms with Crippen LogP contribution in [0.3, 0.4) is 0 Å². The lowest BCUT2D eigenvalue weighted by molar-refractivity contribution is 0.420. The number of rotatable bonds is 3. The topological polar surface area (TPSA) is 12.0 Å². The molecule has 82 valence electrons. The van der Waals surface area contributed by atoms with Gasteiger partial charge in [0.25, 0.3) is 0 Å². The Hall–Kier alpha value is -0.890. The van der Waals surface area contributed by atoms with Gasteiger partial charge in [-0.2, -0.15) is 0 Å². The summed E-state index contributed by atoms with van der Waals surface area (Å²) in [4.78, 5) is 0. The highest BCUT2D eigenvalue weighted by Gasteiger charge is 2.34. The molecule has 15 heavy (non-hydrogen) atoms. The van der Waals surface area contributed by atoms with E-state index < -0.39 is 0 Å². The second-order valence-electron chi connectivity index (χ2n) is 4.52. The summed E-state index contributed by atoms with van der Waals surface area (Å²) in [5.41, 5.74) is 1.54. The van der Waals surface area contributed by atoms with E-state index in [1.54, 1.807) is 12.1 Å². The third kappa shape index (κ3) is 2.05. The van der Waals surface area contributed by atoms with E-state index in [4.69, 9.17) is 0 Å². The highest BCUT2D eigenvalue weighted by atomic mass is 19.1. The van der Waals surface area contributed by atoms with Gasteiger partial charge in [0.05, 0.1) is 0 Å². The van der Waals surface area contributed by atoms with Crippen molar-refractivity contribution >= 4 is 0 Å². The van der Waals surface area contributed by atoms with Gasteiger partial charge in [0, 0.05) is 12.0 Å². The Morgan fingerprint density at radius 1 is 1.20 bits per heavy atom. The van der Waals surface area contributed by atoms with Gasteiger partial charge >= 0.3 is 0 Å². The molecule has 1 saturated carbocycles. The molecule has 0 heterocycles. The summed E-state index contributed by atoms with van der Waals surface area (Å²) in [6.07, 6.45) is 5.02. The van der Waals surface area contributed by atoms with Crippen molar-refractivity contribution in [2.45, 2.75) is 31.1 Å². The summed E-state index contributed by atoms with van der Waals surface area (Å²) in [6, 6.07) is 7.03. The first-order valence-electron chi connectivity index (χ1n) is 5.67. The smallest absolute Gasteiger partial charge is 0.123 e. The fraction of sp³-hybridized carbons (Fsp3) is 0.538. The number of nitrogens with one attached hydrogen (secondary N) is 1. The van der Waals surface area contributed by atoms with Crippen molar-refractivity contribution in [3.05, 3.63) is 35.6 Å². The highest BCUT2D eigenvalue weighted by molar-refractivity contribution is 5.27. The molecule has 0 aliphatic heterocycles. The van der Waals surface area contributed by atoms with Crippen molar-refractivity contribution in [1.29, 1.82) is 0 Å². The van der Waals surface area contributed by atoms with Gasteiger partial charge in [-0.15, -0.1) is 0 Å². The van der Waals surface area contributed by atoms with E-state index in [0.29, 0.717) is 0 Å². The van der Waals surface area contributed by atoms with Crippen LogP contribution in [-0.2, 0) is 5.41 Å². The van der Waals surface area contributed by atoms with E-state index in [2.05, 4.69) is 5.32 Å². The van der Waals surface area contributed by atoms with E-state index in [1.165, 1.54) is 31.2 Å². The van der Waals surface area contributed by atoms with Crippen LogP contribution in [0.4, 0.5) is 4.39 Å². The maximum Gasteiger partial charge on any atom is 0.123 e. The van der Waals surface area contributed by atoms with Gasteiger partial charge in [-0.1, -0.05) is 25.0 Å². The molecule has 0 aromatic heterocycles. The van der Waals surface area contributed by atoms with Crippen LogP contribution in [0.1, 0.15) is 31.2 Å². The zero-order valence-electron chi connectivity index (χ0n) is 9.22. The molecule has 0 saturated heterocycles.